The summed E-state index contributed by atoms with van der Waals surface area (Å²) >= 11 is 0. The second-order valence-electron chi connectivity index (χ2n) is 10.4. The topological polar surface area (TPSA) is 74.2 Å². The third kappa shape index (κ3) is 4.24. The van der Waals surface area contributed by atoms with E-state index in [1.807, 2.05) is 26.0 Å². The summed E-state index contributed by atoms with van der Waals surface area (Å²) in [6.45, 7) is 16.4. The van der Waals surface area contributed by atoms with Gasteiger partial charge in [-0.05, 0) is 61.0 Å². The lowest BCUT2D eigenvalue weighted by atomic mass is 9.45. The third-order valence-electron chi connectivity index (χ3n) is 8.90. The largest absolute Gasteiger partial charge is 0.458 e. The maximum atomic E-state index is 12.7. The molecule has 1 heterocycles. The van der Waals surface area contributed by atoms with Crippen LogP contribution in [-0.2, 0) is 23.7 Å². The highest BCUT2D eigenvalue weighted by molar-refractivity contribution is 5.72. The van der Waals surface area contributed by atoms with Crippen LogP contribution in [0.15, 0.2) is 36.5 Å². The normalized spacial score (nSPS) is 40.9. The van der Waals surface area contributed by atoms with E-state index in [0.717, 1.165) is 36.8 Å². The van der Waals surface area contributed by atoms with Crippen LogP contribution in [0.3, 0.4) is 0 Å². The second kappa shape index (κ2) is 10.0. The molecule has 0 radical (unpaired) electrons. The summed E-state index contributed by atoms with van der Waals surface area (Å²) in [5.41, 5.74) is 0.902. The molecule has 1 aliphatic heterocycles. The smallest absolute Gasteiger partial charge is 0.309 e. The van der Waals surface area contributed by atoms with Crippen molar-refractivity contribution in [1.82, 2.24) is 0 Å². The maximum Gasteiger partial charge on any atom is 0.309 e. The van der Waals surface area contributed by atoms with Crippen LogP contribution in [0.2, 0.25) is 0 Å². The van der Waals surface area contributed by atoms with Gasteiger partial charge in [0, 0.05) is 14.2 Å². The fourth-order valence-electron chi connectivity index (χ4n) is 6.39. The van der Waals surface area contributed by atoms with Crippen LogP contribution in [0.5, 0.6) is 0 Å². The molecule has 3 aliphatic rings. The van der Waals surface area contributed by atoms with E-state index in [4.69, 9.17) is 18.9 Å². The van der Waals surface area contributed by atoms with E-state index in [1.54, 1.807) is 14.2 Å². The summed E-state index contributed by atoms with van der Waals surface area (Å²) in [7, 11) is 3.27. The molecule has 0 unspecified atom stereocenters. The van der Waals surface area contributed by atoms with Crippen LogP contribution in [-0.4, -0.2) is 50.1 Å². The van der Waals surface area contributed by atoms with Crippen LogP contribution in [0.4, 0.5) is 0 Å². The number of carbonyl (C=O) groups excluding carboxylic acids is 1. The number of hydrogen-bond donors (Lipinski definition) is 1. The van der Waals surface area contributed by atoms with E-state index >= 15 is 0 Å². The molecular formula is C27H42O6. The van der Waals surface area contributed by atoms with Gasteiger partial charge in [0.2, 0.25) is 0 Å². The molecule has 2 fully saturated rings. The zero-order valence-electron chi connectivity index (χ0n) is 21.1. The molecule has 186 valence electrons. The van der Waals surface area contributed by atoms with Crippen molar-refractivity contribution in [3.63, 3.8) is 0 Å². The highest BCUT2D eigenvalue weighted by Crippen LogP contribution is 2.67. The standard InChI is InChI=1S/C27H42O6/c1-9-16(3)11-12-26(6)18(5)13-22(30-7)27-20(24(31-8)33-25(27)29)14-19(15-21(26)27)32-23(28)17(4)10-2/h9,14,17-19,21-22,24-25,29H,1,3,10-13,15H2,2,4-8H3/t17-,18+,19-,21-,22-,24-,25+,26+,27+/m1/s1. The van der Waals surface area contributed by atoms with Crippen molar-refractivity contribution < 1.29 is 28.8 Å². The van der Waals surface area contributed by atoms with Gasteiger partial charge >= 0.3 is 5.97 Å². The average Bonchev–Trinajstić information content (AvgIpc) is 3.10. The molecule has 1 spiro atoms. The molecule has 0 aromatic rings. The number of rotatable bonds is 9. The number of hydrogen-bond acceptors (Lipinski definition) is 6. The monoisotopic (exact) mass is 462 g/mol. The number of methoxy groups -OCH3 is 2. The lowest BCUT2D eigenvalue weighted by molar-refractivity contribution is -0.248. The van der Waals surface area contributed by atoms with E-state index in [9.17, 15) is 9.90 Å². The van der Waals surface area contributed by atoms with Gasteiger partial charge in [-0.2, -0.15) is 0 Å². The number of esters is 1. The van der Waals surface area contributed by atoms with Crippen molar-refractivity contribution in [2.24, 2.45) is 28.6 Å². The summed E-state index contributed by atoms with van der Waals surface area (Å²) < 4.78 is 23.6. The minimum Gasteiger partial charge on any atom is -0.458 e. The van der Waals surface area contributed by atoms with E-state index < -0.39 is 24.1 Å². The van der Waals surface area contributed by atoms with Crippen LogP contribution < -0.4 is 0 Å². The molecule has 6 nitrogen and oxygen atoms in total. The fourth-order valence-corrected chi connectivity index (χ4v) is 6.39. The highest BCUT2D eigenvalue weighted by atomic mass is 16.7. The lowest BCUT2D eigenvalue weighted by Crippen LogP contribution is -2.63. The Morgan fingerprint density at radius 2 is 2.06 bits per heavy atom. The molecule has 3 rings (SSSR count). The van der Waals surface area contributed by atoms with Gasteiger partial charge in [0.1, 0.15) is 6.10 Å². The Morgan fingerprint density at radius 1 is 1.36 bits per heavy atom. The molecule has 1 N–H and O–H groups in total. The van der Waals surface area contributed by atoms with Crippen molar-refractivity contribution in [2.45, 2.75) is 84.6 Å². The molecule has 1 saturated carbocycles. The second-order valence-corrected chi connectivity index (χ2v) is 10.4. The predicted molar refractivity (Wildman–Crippen MR) is 127 cm³/mol. The Kier molecular flexibility index (Phi) is 7.94. The SMILES string of the molecule is C=CC(=C)CC[C@]1(C)[C@H]2C[C@H](OC(=O)[C@H](C)CC)C=C3[C@H](OC)O[C@H](O)[C@@]32[C@H](OC)C[C@@H]1C. The summed E-state index contributed by atoms with van der Waals surface area (Å²) in [5, 5.41) is 11.4. The molecule has 9 atom stereocenters. The molecule has 2 aliphatic carbocycles. The summed E-state index contributed by atoms with van der Waals surface area (Å²) in [6.07, 6.45) is 5.16. The first-order chi connectivity index (χ1) is 15.6. The van der Waals surface area contributed by atoms with Gasteiger partial charge < -0.3 is 24.1 Å². The van der Waals surface area contributed by atoms with Crippen molar-refractivity contribution in [1.29, 1.82) is 0 Å². The number of allylic oxidation sites excluding steroid dienone is 2. The molecular weight excluding hydrogens is 420 g/mol. The van der Waals surface area contributed by atoms with E-state index in [-0.39, 0.29) is 29.3 Å². The zero-order valence-corrected chi connectivity index (χ0v) is 21.1. The summed E-state index contributed by atoms with van der Waals surface area (Å²) in [4.78, 5) is 12.7. The number of ether oxygens (including phenoxy) is 4. The van der Waals surface area contributed by atoms with Crippen molar-refractivity contribution >= 4 is 5.97 Å². The fraction of sp³-hybridized carbons (Fsp3) is 0.741. The molecule has 0 aromatic heterocycles. The zero-order chi connectivity index (χ0) is 24.6. The molecule has 33 heavy (non-hydrogen) atoms. The van der Waals surface area contributed by atoms with Crippen LogP contribution in [0.25, 0.3) is 0 Å². The Balaban J connectivity index is 2.11. The highest BCUT2D eigenvalue weighted by Gasteiger charge is 2.70. The summed E-state index contributed by atoms with van der Waals surface area (Å²) in [5.74, 6) is -0.0943. The van der Waals surface area contributed by atoms with Crippen molar-refractivity contribution in [3.8, 4) is 0 Å². The van der Waals surface area contributed by atoms with Crippen LogP contribution in [0, 0.1) is 28.6 Å². The quantitative estimate of drug-likeness (QED) is 0.302. The van der Waals surface area contributed by atoms with Crippen molar-refractivity contribution in [2.75, 3.05) is 14.2 Å². The maximum absolute atomic E-state index is 12.7. The van der Waals surface area contributed by atoms with Crippen LogP contribution >= 0.6 is 0 Å². The van der Waals surface area contributed by atoms with E-state index in [0.29, 0.717) is 12.3 Å². The first-order valence-corrected chi connectivity index (χ1v) is 12.2. The number of aliphatic hydroxyl groups is 1. The number of carbonyl (C=O) groups is 1. The number of aliphatic hydroxyl groups excluding tert-OH is 1. The first kappa shape index (κ1) is 26.1. The van der Waals surface area contributed by atoms with Gasteiger partial charge in [0.15, 0.2) is 12.6 Å². The van der Waals surface area contributed by atoms with Gasteiger partial charge in [0.05, 0.1) is 17.4 Å². The Labute approximate surface area is 199 Å². The first-order valence-electron chi connectivity index (χ1n) is 12.2. The molecule has 1 saturated heterocycles. The molecule has 0 bridgehead atoms. The molecule has 0 amide bonds. The van der Waals surface area contributed by atoms with E-state index in [1.165, 1.54) is 0 Å². The van der Waals surface area contributed by atoms with Crippen molar-refractivity contribution in [3.05, 3.63) is 36.5 Å². The van der Waals surface area contributed by atoms with Gasteiger partial charge in [-0.25, -0.2) is 0 Å². The lowest BCUT2D eigenvalue weighted by Gasteiger charge is -2.61. The summed E-state index contributed by atoms with van der Waals surface area (Å²) in [6, 6.07) is 0. The Bertz CT molecular complexity index is 789. The minimum atomic E-state index is -1.07. The van der Waals surface area contributed by atoms with E-state index in [2.05, 4.69) is 27.0 Å². The van der Waals surface area contributed by atoms with Gasteiger partial charge in [-0.1, -0.05) is 52.5 Å². The Morgan fingerprint density at radius 3 is 2.64 bits per heavy atom. The third-order valence-corrected chi connectivity index (χ3v) is 8.90. The average molecular weight is 463 g/mol. The van der Waals surface area contributed by atoms with Gasteiger partial charge in [-0.3, -0.25) is 4.79 Å². The minimum absolute atomic E-state index is 0.0406. The van der Waals surface area contributed by atoms with Gasteiger partial charge in [-0.15, -0.1) is 0 Å². The molecule has 0 aromatic carbocycles. The molecule has 6 heteroatoms. The van der Waals surface area contributed by atoms with Crippen LogP contribution in [0.1, 0.15) is 59.8 Å². The van der Waals surface area contributed by atoms with Gasteiger partial charge in [0.25, 0.3) is 0 Å². The predicted octanol–water partition coefficient (Wildman–Crippen LogP) is 4.78. The Hall–Kier alpha value is -1.47.